The second kappa shape index (κ2) is 11.4. The van der Waals surface area contributed by atoms with Crippen molar-refractivity contribution in [3.05, 3.63) is 29.6 Å². The number of sulfonamides is 1. The Balaban J connectivity index is 2.79. The van der Waals surface area contributed by atoms with Crippen molar-refractivity contribution in [2.24, 2.45) is 0 Å². The van der Waals surface area contributed by atoms with Gasteiger partial charge in [-0.3, -0.25) is 10.1 Å². The van der Waals surface area contributed by atoms with Gasteiger partial charge in [-0.05, 0) is 18.2 Å². The van der Waals surface area contributed by atoms with Crippen LogP contribution in [0.25, 0.3) is 0 Å². The summed E-state index contributed by atoms with van der Waals surface area (Å²) in [5, 5.41) is 4.27. The van der Waals surface area contributed by atoms with Crippen molar-refractivity contribution in [1.82, 2.24) is 14.9 Å². The van der Waals surface area contributed by atoms with Crippen LogP contribution >= 0.6 is 0 Å². The Morgan fingerprint density at radius 2 is 1.83 bits per heavy atom. The van der Waals surface area contributed by atoms with E-state index in [1.807, 2.05) is 5.32 Å². The third-order valence-electron chi connectivity index (χ3n) is 3.67. The molecule has 12 heteroatoms. The number of carbonyl (C=O) groups excluding carboxylic acids is 3. The zero-order valence-corrected chi connectivity index (χ0v) is 17.2. The van der Waals surface area contributed by atoms with Gasteiger partial charge >= 0.3 is 12.0 Å². The van der Waals surface area contributed by atoms with Gasteiger partial charge in [0.15, 0.2) is 6.61 Å². The molecule has 0 fully saturated rings. The second-order valence-electron chi connectivity index (χ2n) is 5.61. The van der Waals surface area contributed by atoms with Crippen molar-refractivity contribution in [3.63, 3.8) is 0 Å². The van der Waals surface area contributed by atoms with Gasteiger partial charge in [-0.1, -0.05) is 13.8 Å². The van der Waals surface area contributed by atoms with Crippen LogP contribution in [0.1, 0.15) is 24.2 Å². The van der Waals surface area contributed by atoms with Crippen LogP contribution < -0.4 is 10.6 Å². The first kappa shape index (κ1) is 24.5. The highest BCUT2D eigenvalue weighted by atomic mass is 32.2. The van der Waals surface area contributed by atoms with Crippen molar-refractivity contribution in [3.8, 4) is 0 Å². The van der Waals surface area contributed by atoms with Gasteiger partial charge in [-0.25, -0.2) is 22.4 Å². The molecule has 0 bridgehead atoms. The number of rotatable bonds is 10. The smallest absolute Gasteiger partial charge is 0.338 e. The predicted molar refractivity (Wildman–Crippen MR) is 100 cm³/mol. The minimum atomic E-state index is -4.14. The highest BCUT2D eigenvalue weighted by Crippen LogP contribution is 2.21. The van der Waals surface area contributed by atoms with Gasteiger partial charge < -0.3 is 14.8 Å². The number of nitrogens with zero attached hydrogens (tertiary/aromatic N) is 1. The molecule has 10 nitrogen and oxygen atoms in total. The van der Waals surface area contributed by atoms with Crippen LogP contribution in [-0.4, -0.2) is 70.6 Å². The highest BCUT2D eigenvalue weighted by Gasteiger charge is 2.26. The second-order valence-corrected chi connectivity index (χ2v) is 7.51. The van der Waals surface area contributed by atoms with E-state index < -0.39 is 45.3 Å². The lowest BCUT2D eigenvalue weighted by Gasteiger charge is -2.19. The molecule has 29 heavy (non-hydrogen) atoms. The molecule has 3 amide bonds. The van der Waals surface area contributed by atoms with Crippen LogP contribution in [-0.2, 0) is 24.3 Å². The third-order valence-corrected chi connectivity index (χ3v) is 5.73. The molecule has 0 atom stereocenters. The number of hydrogen-bond acceptors (Lipinski definition) is 7. The minimum absolute atomic E-state index is 0.125. The Morgan fingerprint density at radius 1 is 1.17 bits per heavy atom. The van der Waals surface area contributed by atoms with Gasteiger partial charge in [-0.15, -0.1) is 0 Å². The topological polar surface area (TPSA) is 131 Å². The number of esters is 1. The van der Waals surface area contributed by atoms with E-state index in [4.69, 9.17) is 9.47 Å². The number of amides is 3. The zero-order chi connectivity index (χ0) is 22.0. The molecule has 1 rings (SSSR count). The van der Waals surface area contributed by atoms with E-state index >= 15 is 0 Å². The number of hydrogen-bond donors (Lipinski definition) is 2. The first-order valence-corrected chi connectivity index (χ1v) is 10.1. The lowest BCUT2D eigenvalue weighted by atomic mass is 10.2. The highest BCUT2D eigenvalue weighted by molar-refractivity contribution is 7.89. The third kappa shape index (κ3) is 7.07. The molecular formula is C17H24FN3O7S. The SMILES string of the molecule is CCN(CC)S(=O)(=O)c1cc(C(=O)OCC(=O)NC(=O)NCCOC)ccc1F. The summed E-state index contributed by atoms with van der Waals surface area (Å²) in [5.41, 5.74) is -0.255. The standard InChI is InChI=1S/C17H24FN3O7S/c1-4-21(5-2)29(25,26)14-10-12(6-7-13(14)18)16(23)28-11-15(22)20-17(24)19-8-9-27-3/h6-7,10H,4-5,8-9,11H2,1-3H3,(H2,19,20,22,24). The van der Waals surface area contributed by atoms with Crippen molar-refractivity contribution in [1.29, 1.82) is 0 Å². The molecule has 0 saturated heterocycles. The molecule has 0 aliphatic heterocycles. The van der Waals surface area contributed by atoms with Crippen LogP contribution in [0.2, 0.25) is 0 Å². The predicted octanol–water partition coefficient (Wildman–Crippen LogP) is 0.485. The van der Waals surface area contributed by atoms with Gasteiger partial charge in [-0.2, -0.15) is 4.31 Å². The van der Waals surface area contributed by atoms with Crippen LogP contribution in [0.15, 0.2) is 23.1 Å². The van der Waals surface area contributed by atoms with Crippen molar-refractivity contribution in [2.45, 2.75) is 18.7 Å². The Bertz CT molecular complexity index is 841. The average molecular weight is 433 g/mol. The maximum Gasteiger partial charge on any atom is 0.338 e. The number of methoxy groups -OCH3 is 1. The van der Waals surface area contributed by atoms with E-state index in [9.17, 15) is 27.2 Å². The zero-order valence-electron chi connectivity index (χ0n) is 16.4. The maximum atomic E-state index is 14.1. The van der Waals surface area contributed by atoms with Crippen molar-refractivity contribution in [2.75, 3.05) is 40.0 Å². The Hall–Kier alpha value is -2.57. The summed E-state index contributed by atoms with van der Waals surface area (Å²) in [5.74, 6) is -2.96. The largest absolute Gasteiger partial charge is 0.452 e. The quantitative estimate of drug-likeness (QED) is 0.405. The van der Waals surface area contributed by atoms with Gasteiger partial charge in [0.1, 0.15) is 10.7 Å². The fourth-order valence-electron chi connectivity index (χ4n) is 2.22. The fraction of sp³-hybridized carbons (Fsp3) is 0.471. The first-order chi connectivity index (χ1) is 13.7. The summed E-state index contributed by atoms with van der Waals surface area (Å²) >= 11 is 0. The lowest BCUT2D eigenvalue weighted by Crippen LogP contribution is -2.42. The molecule has 1 aromatic carbocycles. The van der Waals surface area contributed by atoms with Crippen molar-refractivity contribution >= 4 is 27.9 Å². The van der Waals surface area contributed by atoms with E-state index in [1.165, 1.54) is 7.11 Å². The van der Waals surface area contributed by atoms with E-state index in [0.717, 1.165) is 22.5 Å². The van der Waals surface area contributed by atoms with Crippen LogP contribution in [0, 0.1) is 5.82 Å². The molecule has 1 aromatic rings. The Kier molecular flexibility index (Phi) is 9.65. The van der Waals surface area contributed by atoms with Crippen LogP contribution in [0.4, 0.5) is 9.18 Å². The van der Waals surface area contributed by atoms with Crippen LogP contribution in [0.5, 0.6) is 0 Å². The summed E-state index contributed by atoms with van der Waals surface area (Å²) in [6.45, 7) is 3.09. The lowest BCUT2D eigenvalue weighted by molar-refractivity contribution is -0.123. The number of imide groups is 1. The number of benzene rings is 1. The van der Waals surface area contributed by atoms with E-state index in [0.29, 0.717) is 0 Å². The van der Waals surface area contributed by atoms with E-state index in [1.54, 1.807) is 13.8 Å². The molecule has 0 unspecified atom stereocenters. The molecule has 162 valence electrons. The summed E-state index contributed by atoms with van der Waals surface area (Å²) in [4.78, 5) is 34.5. The number of nitrogens with one attached hydrogen (secondary N) is 2. The molecule has 0 radical (unpaired) electrons. The number of ether oxygens (including phenoxy) is 2. The van der Waals surface area contributed by atoms with Gasteiger partial charge in [0.2, 0.25) is 10.0 Å². The molecule has 0 aliphatic rings. The van der Waals surface area contributed by atoms with Gasteiger partial charge in [0, 0.05) is 26.7 Å². The monoisotopic (exact) mass is 433 g/mol. The first-order valence-electron chi connectivity index (χ1n) is 8.70. The molecular weight excluding hydrogens is 409 g/mol. The Labute approximate surface area is 168 Å². The molecule has 0 spiro atoms. The van der Waals surface area contributed by atoms with Crippen molar-refractivity contribution < 1.29 is 36.7 Å². The summed E-state index contributed by atoms with van der Waals surface area (Å²) < 4.78 is 49.6. The maximum absolute atomic E-state index is 14.1. The molecule has 0 heterocycles. The van der Waals surface area contributed by atoms with E-state index in [2.05, 4.69) is 5.32 Å². The summed E-state index contributed by atoms with van der Waals surface area (Å²) in [7, 11) is -2.70. The molecule has 0 aromatic heterocycles. The summed E-state index contributed by atoms with van der Waals surface area (Å²) in [6.07, 6.45) is 0. The summed E-state index contributed by atoms with van der Waals surface area (Å²) in [6, 6.07) is 1.92. The van der Waals surface area contributed by atoms with Crippen LogP contribution in [0.3, 0.4) is 0 Å². The van der Waals surface area contributed by atoms with E-state index in [-0.39, 0.29) is 31.8 Å². The number of halogens is 1. The van der Waals surface area contributed by atoms with Gasteiger partial charge in [0.05, 0.1) is 12.2 Å². The molecule has 0 saturated carbocycles. The molecule has 2 N–H and O–H groups in total. The Morgan fingerprint density at radius 3 is 2.41 bits per heavy atom. The van der Waals surface area contributed by atoms with Gasteiger partial charge in [0.25, 0.3) is 5.91 Å². The normalized spacial score (nSPS) is 11.2. The molecule has 0 aliphatic carbocycles. The number of carbonyl (C=O) groups is 3. The fourth-order valence-corrected chi connectivity index (χ4v) is 3.77. The minimum Gasteiger partial charge on any atom is -0.452 e. The average Bonchev–Trinajstić information content (AvgIpc) is 2.67. The number of urea groups is 1.